The number of hydrogen-bond acceptors (Lipinski definition) is 0. The molecule has 1 heteroatoms. The van der Waals surface area contributed by atoms with Crippen molar-refractivity contribution in [1.82, 2.24) is 0 Å². The van der Waals surface area contributed by atoms with E-state index in [0.29, 0.717) is 0 Å². The number of allylic oxidation sites excluding steroid dienone is 1. The van der Waals surface area contributed by atoms with Crippen molar-refractivity contribution in [3.8, 4) is 0 Å². The van der Waals surface area contributed by atoms with E-state index in [1.807, 2.05) is 6.08 Å². The van der Waals surface area contributed by atoms with Gasteiger partial charge in [0.1, 0.15) is 0 Å². The van der Waals surface area contributed by atoms with Gasteiger partial charge in [0.2, 0.25) is 0 Å². The van der Waals surface area contributed by atoms with Crippen molar-refractivity contribution in [3.63, 3.8) is 0 Å². The van der Waals surface area contributed by atoms with Crippen LogP contribution in [-0.2, 0) is 0 Å². The molecule has 0 saturated carbocycles. The Kier molecular flexibility index (Phi) is 11.1. The molecule has 84 valence electrons. The van der Waals surface area contributed by atoms with E-state index in [9.17, 15) is 0 Å². The van der Waals surface area contributed by atoms with Crippen LogP contribution in [0.1, 0.15) is 58.3 Å². The Morgan fingerprint density at radius 3 is 2.29 bits per heavy atom. The summed E-state index contributed by atoms with van der Waals surface area (Å²) >= 11 is 5.63. The summed E-state index contributed by atoms with van der Waals surface area (Å²) in [6, 6.07) is 0. The van der Waals surface area contributed by atoms with Crippen molar-refractivity contribution in [1.29, 1.82) is 0 Å². The van der Waals surface area contributed by atoms with Crippen LogP contribution in [0.4, 0.5) is 0 Å². The van der Waals surface area contributed by atoms with Gasteiger partial charge in [-0.15, -0.1) is 18.2 Å². The molecule has 0 radical (unpaired) electrons. The van der Waals surface area contributed by atoms with Crippen LogP contribution < -0.4 is 0 Å². The van der Waals surface area contributed by atoms with Crippen LogP contribution in [-0.4, -0.2) is 5.88 Å². The molecule has 0 aliphatic rings. The zero-order valence-corrected chi connectivity index (χ0v) is 10.4. The molecule has 0 spiro atoms. The van der Waals surface area contributed by atoms with Crippen molar-refractivity contribution >= 4 is 11.6 Å². The summed E-state index contributed by atoms with van der Waals surface area (Å²) in [5.74, 6) is 1.73. The standard InChI is InChI=1S/C13H25Cl/c1-3-4-5-7-10-13(2)11-8-6-9-12-14/h3,13H,1,4-12H2,2H3. The van der Waals surface area contributed by atoms with Crippen LogP contribution in [0.5, 0.6) is 0 Å². The third kappa shape index (κ3) is 10.1. The molecule has 1 atom stereocenters. The molecule has 0 N–H and O–H groups in total. The summed E-state index contributed by atoms with van der Waals surface area (Å²) < 4.78 is 0. The van der Waals surface area contributed by atoms with Gasteiger partial charge >= 0.3 is 0 Å². The lowest BCUT2D eigenvalue weighted by Crippen LogP contribution is -1.95. The fraction of sp³-hybridized carbons (Fsp3) is 0.846. The number of hydrogen-bond donors (Lipinski definition) is 0. The molecule has 0 aliphatic heterocycles. The Morgan fingerprint density at radius 1 is 1.07 bits per heavy atom. The topological polar surface area (TPSA) is 0 Å². The molecule has 0 aliphatic carbocycles. The van der Waals surface area contributed by atoms with E-state index in [0.717, 1.165) is 11.8 Å². The maximum Gasteiger partial charge on any atom is 0.0223 e. The van der Waals surface area contributed by atoms with Gasteiger partial charge in [-0.3, -0.25) is 0 Å². The molecule has 0 amide bonds. The summed E-state index contributed by atoms with van der Waals surface area (Å²) in [4.78, 5) is 0. The van der Waals surface area contributed by atoms with Crippen LogP contribution >= 0.6 is 11.6 Å². The lowest BCUT2D eigenvalue weighted by molar-refractivity contribution is 0.445. The minimum absolute atomic E-state index is 0.827. The molecule has 1 unspecified atom stereocenters. The highest BCUT2D eigenvalue weighted by molar-refractivity contribution is 6.17. The summed E-state index contributed by atoms with van der Waals surface area (Å²) in [6.45, 7) is 6.10. The van der Waals surface area contributed by atoms with Crippen LogP contribution in [0.15, 0.2) is 12.7 Å². The first-order chi connectivity index (χ1) is 6.81. The third-order valence-corrected chi connectivity index (χ3v) is 2.95. The predicted octanol–water partition coefficient (Wildman–Crippen LogP) is 5.17. The van der Waals surface area contributed by atoms with Crippen LogP contribution in [0.25, 0.3) is 0 Å². The van der Waals surface area contributed by atoms with E-state index in [1.165, 1.54) is 51.4 Å². The largest absolute Gasteiger partial charge is 0.127 e. The fourth-order valence-electron chi connectivity index (χ4n) is 1.69. The SMILES string of the molecule is C=CCCCCC(C)CCCCCCl. The predicted molar refractivity (Wildman–Crippen MR) is 67.0 cm³/mol. The molecule has 14 heavy (non-hydrogen) atoms. The molecular formula is C13H25Cl. The van der Waals surface area contributed by atoms with Crippen molar-refractivity contribution in [2.24, 2.45) is 5.92 Å². The van der Waals surface area contributed by atoms with E-state index in [2.05, 4.69) is 13.5 Å². The zero-order valence-electron chi connectivity index (χ0n) is 9.60. The van der Waals surface area contributed by atoms with Crippen molar-refractivity contribution in [2.75, 3.05) is 5.88 Å². The lowest BCUT2D eigenvalue weighted by atomic mass is 9.97. The van der Waals surface area contributed by atoms with Gasteiger partial charge in [-0.05, 0) is 25.2 Å². The summed E-state index contributed by atoms with van der Waals surface area (Å²) in [5.41, 5.74) is 0. The molecule has 0 fully saturated rings. The van der Waals surface area contributed by atoms with Gasteiger partial charge in [0, 0.05) is 5.88 Å². The van der Waals surface area contributed by atoms with E-state index < -0.39 is 0 Å². The maximum absolute atomic E-state index is 5.63. The quantitative estimate of drug-likeness (QED) is 0.269. The van der Waals surface area contributed by atoms with Gasteiger partial charge < -0.3 is 0 Å². The Morgan fingerprint density at radius 2 is 1.71 bits per heavy atom. The van der Waals surface area contributed by atoms with Crippen LogP contribution in [0, 0.1) is 5.92 Å². The highest BCUT2D eigenvalue weighted by atomic mass is 35.5. The van der Waals surface area contributed by atoms with E-state index in [-0.39, 0.29) is 0 Å². The molecule has 0 nitrogen and oxygen atoms in total. The molecule has 0 aromatic rings. The average Bonchev–Trinajstić information content (AvgIpc) is 2.19. The normalized spacial score (nSPS) is 12.7. The first kappa shape index (κ1) is 14.0. The third-order valence-electron chi connectivity index (χ3n) is 2.69. The van der Waals surface area contributed by atoms with Gasteiger partial charge in [0.25, 0.3) is 0 Å². The zero-order chi connectivity index (χ0) is 10.6. The number of halogens is 1. The Hall–Kier alpha value is 0.0300. The number of rotatable bonds is 10. The Bertz CT molecular complexity index is 120. The van der Waals surface area contributed by atoms with Gasteiger partial charge in [0.15, 0.2) is 0 Å². The maximum atomic E-state index is 5.63. The minimum atomic E-state index is 0.827. The van der Waals surface area contributed by atoms with E-state index in [4.69, 9.17) is 11.6 Å². The van der Waals surface area contributed by atoms with Crippen molar-refractivity contribution in [2.45, 2.75) is 58.3 Å². The molecule has 0 saturated heterocycles. The second-order valence-electron chi connectivity index (χ2n) is 4.22. The molecule has 0 aromatic heterocycles. The molecule has 0 rings (SSSR count). The second kappa shape index (κ2) is 11.1. The summed E-state index contributed by atoms with van der Waals surface area (Å²) in [5, 5.41) is 0. The smallest absolute Gasteiger partial charge is 0.0223 e. The highest BCUT2D eigenvalue weighted by Crippen LogP contribution is 2.16. The van der Waals surface area contributed by atoms with Crippen molar-refractivity contribution < 1.29 is 0 Å². The minimum Gasteiger partial charge on any atom is -0.127 e. The molecule has 0 aromatic carbocycles. The molecule has 0 bridgehead atoms. The van der Waals surface area contributed by atoms with Gasteiger partial charge in [0.05, 0.1) is 0 Å². The van der Waals surface area contributed by atoms with Gasteiger partial charge in [-0.2, -0.15) is 0 Å². The lowest BCUT2D eigenvalue weighted by Gasteiger charge is -2.10. The fourth-order valence-corrected chi connectivity index (χ4v) is 1.88. The van der Waals surface area contributed by atoms with Crippen LogP contribution in [0.3, 0.4) is 0 Å². The molecule has 0 heterocycles. The van der Waals surface area contributed by atoms with Gasteiger partial charge in [-0.1, -0.05) is 45.1 Å². The van der Waals surface area contributed by atoms with E-state index in [1.54, 1.807) is 0 Å². The highest BCUT2D eigenvalue weighted by Gasteiger charge is 2.01. The monoisotopic (exact) mass is 216 g/mol. The Labute approximate surface area is 94.7 Å². The second-order valence-corrected chi connectivity index (χ2v) is 4.59. The average molecular weight is 217 g/mol. The summed E-state index contributed by atoms with van der Waals surface area (Å²) in [7, 11) is 0. The van der Waals surface area contributed by atoms with Crippen LogP contribution in [0.2, 0.25) is 0 Å². The first-order valence-corrected chi connectivity index (χ1v) is 6.51. The van der Waals surface area contributed by atoms with Crippen molar-refractivity contribution in [3.05, 3.63) is 12.7 Å². The number of alkyl halides is 1. The van der Waals surface area contributed by atoms with E-state index >= 15 is 0 Å². The van der Waals surface area contributed by atoms with Gasteiger partial charge in [-0.25, -0.2) is 0 Å². The molecular weight excluding hydrogens is 192 g/mol. The number of unbranched alkanes of at least 4 members (excludes halogenated alkanes) is 4. The Balaban J connectivity index is 3.10. The summed E-state index contributed by atoms with van der Waals surface area (Å²) in [6.07, 6.45) is 12.5. The first-order valence-electron chi connectivity index (χ1n) is 5.98.